The Morgan fingerprint density at radius 2 is 2.17 bits per heavy atom. The third-order valence-electron chi connectivity index (χ3n) is 3.79. The molecule has 0 spiro atoms. The summed E-state index contributed by atoms with van der Waals surface area (Å²) in [4.78, 5) is 12.9. The zero-order valence-corrected chi connectivity index (χ0v) is 12.5. The first kappa shape index (κ1) is 13.6. The van der Waals surface area contributed by atoms with E-state index in [0.717, 1.165) is 22.6 Å². The molecule has 10 heteroatoms. The van der Waals surface area contributed by atoms with Crippen LogP contribution in [0.2, 0.25) is 0 Å². The number of nitrogens with one attached hydrogen (secondary N) is 3. The lowest BCUT2D eigenvalue weighted by molar-refractivity contribution is 0.635. The van der Waals surface area contributed by atoms with Gasteiger partial charge in [0.05, 0.1) is 23.8 Å². The molecule has 1 aliphatic rings. The van der Waals surface area contributed by atoms with Crippen molar-refractivity contribution in [1.82, 2.24) is 29.4 Å². The number of nitrogens with zero attached hydrogens (tertiary/aromatic N) is 6. The SMILES string of the molecule is Cc1nccnc1C1Nc2c3cnn(CCN)c3nc(=N)n2N1. The predicted octanol–water partition coefficient (Wildman–Crippen LogP) is -0.563. The standard InChI is InChI=1S/C13H16N10/c1-7-9(17-4-3-16-7)10-19-12-8-6-18-22(5-2-14)11(8)20-13(15)23(12)21-10/h3-4,6,10,15,19,21H,2,5,14H2,1H3. The molecule has 118 valence electrons. The molecule has 0 amide bonds. The van der Waals surface area contributed by atoms with Crippen molar-refractivity contribution < 1.29 is 0 Å². The molecule has 5 N–H and O–H groups in total. The molecule has 0 saturated carbocycles. The number of hydrogen-bond acceptors (Lipinski definition) is 8. The van der Waals surface area contributed by atoms with E-state index in [1.807, 2.05) is 6.92 Å². The first-order valence-corrected chi connectivity index (χ1v) is 7.23. The molecule has 1 aliphatic heterocycles. The average Bonchev–Trinajstić information content (AvgIpc) is 3.13. The van der Waals surface area contributed by atoms with Crippen molar-refractivity contribution in [2.24, 2.45) is 5.73 Å². The largest absolute Gasteiger partial charge is 0.343 e. The van der Waals surface area contributed by atoms with Crippen LogP contribution < -0.4 is 22.1 Å². The fourth-order valence-electron chi connectivity index (χ4n) is 2.72. The van der Waals surface area contributed by atoms with E-state index in [9.17, 15) is 0 Å². The molecule has 4 heterocycles. The Balaban J connectivity index is 1.82. The van der Waals surface area contributed by atoms with Crippen molar-refractivity contribution in [3.63, 3.8) is 0 Å². The van der Waals surface area contributed by atoms with Gasteiger partial charge in [-0.1, -0.05) is 0 Å². The van der Waals surface area contributed by atoms with Crippen LogP contribution in [0.3, 0.4) is 0 Å². The third kappa shape index (κ3) is 2.03. The van der Waals surface area contributed by atoms with Gasteiger partial charge in [-0.25, -0.2) is 9.36 Å². The van der Waals surface area contributed by atoms with Gasteiger partial charge in [0.25, 0.3) is 0 Å². The van der Waals surface area contributed by atoms with Crippen molar-refractivity contribution in [1.29, 1.82) is 5.41 Å². The number of rotatable bonds is 3. The lowest BCUT2D eigenvalue weighted by atomic mass is 10.2. The average molecular weight is 312 g/mol. The van der Waals surface area contributed by atoms with E-state index in [1.165, 1.54) is 0 Å². The first-order valence-electron chi connectivity index (χ1n) is 7.23. The second kappa shape index (κ2) is 5.02. The van der Waals surface area contributed by atoms with Crippen molar-refractivity contribution in [2.75, 3.05) is 17.3 Å². The number of aromatic nitrogens is 6. The van der Waals surface area contributed by atoms with E-state index in [0.29, 0.717) is 18.7 Å². The summed E-state index contributed by atoms with van der Waals surface area (Å²) >= 11 is 0. The Kier molecular flexibility index (Phi) is 2.98. The first-order chi connectivity index (χ1) is 11.2. The van der Waals surface area contributed by atoms with Gasteiger partial charge in [-0.15, -0.1) is 0 Å². The second-order valence-electron chi connectivity index (χ2n) is 5.25. The maximum atomic E-state index is 8.15. The molecular formula is C13H16N10. The minimum atomic E-state index is -0.280. The molecule has 0 aliphatic carbocycles. The normalized spacial score (nSPS) is 16.2. The number of hydrogen-bond donors (Lipinski definition) is 4. The maximum Gasteiger partial charge on any atom is 0.244 e. The molecule has 0 radical (unpaired) electrons. The molecule has 3 aromatic heterocycles. The van der Waals surface area contributed by atoms with Crippen molar-refractivity contribution in [2.45, 2.75) is 19.6 Å². The fraction of sp³-hybridized carbons (Fsp3) is 0.308. The highest BCUT2D eigenvalue weighted by Crippen LogP contribution is 2.28. The lowest BCUT2D eigenvalue weighted by Crippen LogP contribution is -2.29. The van der Waals surface area contributed by atoms with Gasteiger partial charge in [-0.05, 0) is 6.92 Å². The molecule has 1 atom stereocenters. The molecular weight excluding hydrogens is 296 g/mol. The summed E-state index contributed by atoms with van der Waals surface area (Å²) in [6.07, 6.45) is 4.75. The lowest BCUT2D eigenvalue weighted by Gasteiger charge is -2.12. The summed E-state index contributed by atoms with van der Waals surface area (Å²) in [5.41, 5.74) is 11.1. The van der Waals surface area contributed by atoms with Gasteiger partial charge in [0.15, 0.2) is 11.8 Å². The van der Waals surface area contributed by atoms with Crippen LogP contribution in [0.1, 0.15) is 17.6 Å². The number of fused-ring (bicyclic) bond motifs is 3. The van der Waals surface area contributed by atoms with E-state index in [1.54, 1.807) is 27.9 Å². The van der Waals surface area contributed by atoms with Gasteiger partial charge in [-0.2, -0.15) is 10.1 Å². The van der Waals surface area contributed by atoms with Gasteiger partial charge in [0.2, 0.25) is 5.62 Å². The Morgan fingerprint density at radius 3 is 2.96 bits per heavy atom. The zero-order chi connectivity index (χ0) is 16.0. The van der Waals surface area contributed by atoms with E-state index in [-0.39, 0.29) is 11.8 Å². The Hall–Kier alpha value is -3.01. The molecule has 0 fully saturated rings. The predicted molar refractivity (Wildman–Crippen MR) is 82.9 cm³/mol. The van der Waals surface area contributed by atoms with Crippen LogP contribution in [0.5, 0.6) is 0 Å². The Morgan fingerprint density at radius 1 is 1.35 bits per heavy atom. The van der Waals surface area contributed by atoms with Crippen LogP contribution in [0.15, 0.2) is 18.6 Å². The molecule has 1 unspecified atom stereocenters. The Bertz CT molecular complexity index is 940. The summed E-state index contributed by atoms with van der Waals surface area (Å²) in [5.74, 6) is 0.735. The van der Waals surface area contributed by atoms with Crippen LogP contribution in [-0.2, 0) is 6.54 Å². The van der Waals surface area contributed by atoms with E-state index in [4.69, 9.17) is 11.1 Å². The van der Waals surface area contributed by atoms with Crippen LogP contribution >= 0.6 is 0 Å². The highest BCUT2D eigenvalue weighted by molar-refractivity contribution is 5.87. The van der Waals surface area contributed by atoms with Crippen LogP contribution in [0, 0.1) is 12.3 Å². The van der Waals surface area contributed by atoms with Crippen molar-refractivity contribution in [3.05, 3.63) is 35.6 Å². The molecule has 0 saturated heterocycles. The monoisotopic (exact) mass is 312 g/mol. The van der Waals surface area contributed by atoms with E-state index < -0.39 is 0 Å². The quantitative estimate of drug-likeness (QED) is 0.509. The third-order valence-corrected chi connectivity index (χ3v) is 3.79. The van der Waals surface area contributed by atoms with Crippen LogP contribution in [-0.4, -0.2) is 36.0 Å². The van der Waals surface area contributed by atoms with Gasteiger partial charge < -0.3 is 11.1 Å². The molecule has 10 nitrogen and oxygen atoms in total. The number of aryl methyl sites for hydroxylation is 1. The van der Waals surface area contributed by atoms with E-state index in [2.05, 4.69) is 30.8 Å². The van der Waals surface area contributed by atoms with E-state index >= 15 is 0 Å². The van der Waals surface area contributed by atoms with Gasteiger partial charge >= 0.3 is 0 Å². The minimum Gasteiger partial charge on any atom is -0.343 e. The highest BCUT2D eigenvalue weighted by atomic mass is 15.6. The Labute approximate surface area is 130 Å². The number of anilines is 1. The molecule has 23 heavy (non-hydrogen) atoms. The fourth-order valence-corrected chi connectivity index (χ4v) is 2.72. The van der Waals surface area contributed by atoms with Gasteiger partial charge in [0.1, 0.15) is 11.5 Å². The smallest absolute Gasteiger partial charge is 0.244 e. The minimum absolute atomic E-state index is 0.0859. The summed E-state index contributed by atoms with van der Waals surface area (Å²) in [7, 11) is 0. The number of nitrogens with two attached hydrogens (primary N) is 1. The van der Waals surface area contributed by atoms with Crippen molar-refractivity contribution in [3.8, 4) is 0 Å². The summed E-state index contributed by atoms with van der Waals surface area (Å²) in [5, 5.41) is 16.6. The topological polar surface area (TPSA) is 135 Å². The molecule has 0 bridgehead atoms. The van der Waals surface area contributed by atoms with Crippen molar-refractivity contribution >= 4 is 16.9 Å². The summed E-state index contributed by atoms with van der Waals surface area (Å²) < 4.78 is 3.30. The van der Waals surface area contributed by atoms with Gasteiger partial charge in [0, 0.05) is 18.9 Å². The highest BCUT2D eigenvalue weighted by Gasteiger charge is 2.27. The molecule has 3 aromatic rings. The second-order valence-corrected chi connectivity index (χ2v) is 5.25. The zero-order valence-electron chi connectivity index (χ0n) is 12.5. The van der Waals surface area contributed by atoms with Crippen LogP contribution in [0.25, 0.3) is 11.0 Å². The van der Waals surface area contributed by atoms with Gasteiger partial charge in [-0.3, -0.25) is 20.8 Å². The summed E-state index contributed by atoms with van der Waals surface area (Å²) in [6.45, 7) is 2.91. The summed E-state index contributed by atoms with van der Waals surface area (Å²) in [6, 6.07) is 0. The van der Waals surface area contributed by atoms with Crippen LogP contribution in [0.4, 0.5) is 5.82 Å². The maximum absolute atomic E-state index is 8.15. The molecule has 0 aromatic carbocycles. The molecule has 4 rings (SSSR count).